The van der Waals surface area contributed by atoms with Gasteiger partial charge in [-0.1, -0.05) is 0 Å². The van der Waals surface area contributed by atoms with Gasteiger partial charge in [0, 0.05) is 11.1 Å². The van der Waals surface area contributed by atoms with Gasteiger partial charge in [-0.3, -0.25) is 0 Å². The van der Waals surface area contributed by atoms with Crippen molar-refractivity contribution in [2.45, 2.75) is 19.9 Å². The fourth-order valence-electron chi connectivity index (χ4n) is 1.53. The summed E-state index contributed by atoms with van der Waals surface area (Å²) in [5, 5.41) is 4.22. The minimum absolute atomic E-state index is 0.0342. The van der Waals surface area contributed by atoms with E-state index in [9.17, 15) is 0 Å². The monoisotopic (exact) mass is 265 g/mol. The summed E-state index contributed by atoms with van der Waals surface area (Å²) >= 11 is 1.64. The third kappa shape index (κ3) is 2.51. The molecule has 0 amide bonds. The van der Waals surface area contributed by atoms with E-state index in [2.05, 4.69) is 20.3 Å². The van der Waals surface area contributed by atoms with Crippen molar-refractivity contribution in [1.29, 1.82) is 0 Å². The number of aromatic nitrogens is 3. The Labute approximate surface area is 109 Å². The molecule has 0 aliphatic carbocycles. The zero-order chi connectivity index (χ0) is 13.1. The molecule has 96 valence electrons. The van der Waals surface area contributed by atoms with E-state index >= 15 is 0 Å². The highest BCUT2D eigenvalue weighted by Crippen LogP contribution is 2.30. The van der Waals surface area contributed by atoms with Crippen LogP contribution in [-0.4, -0.2) is 22.1 Å². The van der Waals surface area contributed by atoms with Gasteiger partial charge in [0.05, 0.1) is 13.2 Å². The minimum Gasteiger partial charge on any atom is -0.490 e. The van der Waals surface area contributed by atoms with Crippen LogP contribution in [0.15, 0.2) is 12.5 Å². The fraction of sp³-hybridized carbons (Fsp3) is 0.364. The van der Waals surface area contributed by atoms with Crippen molar-refractivity contribution in [3.8, 4) is 5.75 Å². The Morgan fingerprint density at radius 3 is 2.78 bits per heavy atom. The van der Waals surface area contributed by atoms with Crippen LogP contribution in [0.2, 0.25) is 0 Å². The van der Waals surface area contributed by atoms with E-state index in [1.807, 2.05) is 20.0 Å². The average molecular weight is 265 g/mol. The van der Waals surface area contributed by atoms with E-state index in [0.29, 0.717) is 17.4 Å². The Morgan fingerprint density at radius 2 is 2.17 bits per heavy atom. The number of ether oxygens (including phenoxy) is 1. The van der Waals surface area contributed by atoms with E-state index in [4.69, 9.17) is 10.5 Å². The molecule has 0 saturated heterocycles. The number of aryl methyl sites for hydroxylation is 1. The summed E-state index contributed by atoms with van der Waals surface area (Å²) in [6.07, 6.45) is 3.25. The molecule has 2 rings (SSSR count). The first kappa shape index (κ1) is 12.6. The molecule has 0 bridgehead atoms. The second-order valence-electron chi connectivity index (χ2n) is 3.82. The summed E-state index contributed by atoms with van der Waals surface area (Å²) in [5.74, 6) is 1.35. The zero-order valence-electron chi connectivity index (χ0n) is 10.5. The van der Waals surface area contributed by atoms with Crippen LogP contribution in [-0.2, 0) is 0 Å². The Balaban J connectivity index is 2.21. The summed E-state index contributed by atoms with van der Waals surface area (Å²) in [6, 6.07) is 0.0342. The van der Waals surface area contributed by atoms with Crippen LogP contribution >= 0.6 is 11.3 Å². The van der Waals surface area contributed by atoms with Crippen LogP contribution in [0.25, 0.3) is 0 Å². The summed E-state index contributed by atoms with van der Waals surface area (Å²) in [6.45, 7) is 4.03. The molecule has 3 N–H and O–H groups in total. The Hall–Kier alpha value is -1.89. The molecule has 1 unspecified atom stereocenters. The highest BCUT2D eigenvalue weighted by molar-refractivity contribution is 7.11. The predicted octanol–water partition coefficient (Wildman–Crippen LogP) is 2.01. The quantitative estimate of drug-likeness (QED) is 0.879. The summed E-state index contributed by atoms with van der Waals surface area (Å²) in [5.41, 5.74) is 5.72. The lowest BCUT2D eigenvalue weighted by Gasteiger charge is -2.15. The number of hydrogen-bond donors (Lipinski definition) is 2. The number of nitrogen functional groups attached to an aromatic ring is 1. The number of methoxy groups -OCH3 is 1. The summed E-state index contributed by atoms with van der Waals surface area (Å²) < 4.78 is 5.19. The van der Waals surface area contributed by atoms with E-state index in [-0.39, 0.29) is 6.04 Å². The molecule has 0 radical (unpaired) electrons. The lowest BCUT2D eigenvalue weighted by Crippen LogP contribution is -2.10. The molecule has 0 aliphatic rings. The maximum absolute atomic E-state index is 5.72. The molecule has 0 saturated carbocycles. The third-order valence-electron chi connectivity index (χ3n) is 2.40. The molecule has 0 spiro atoms. The first-order valence-corrected chi connectivity index (χ1v) is 6.26. The van der Waals surface area contributed by atoms with E-state index in [1.54, 1.807) is 18.4 Å². The smallest absolute Gasteiger partial charge is 0.203 e. The second-order valence-corrected chi connectivity index (χ2v) is 5.08. The molecule has 1 atom stereocenters. The highest BCUT2D eigenvalue weighted by Gasteiger charge is 2.15. The lowest BCUT2D eigenvalue weighted by molar-refractivity contribution is 0.415. The Kier molecular flexibility index (Phi) is 3.61. The first-order valence-electron chi connectivity index (χ1n) is 5.45. The van der Waals surface area contributed by atoms with Crippen LogP contribution in [0.5, 0.6) is 5.75 Å². The van der Waals surface area contributed by atoms with Gasteiger partial charge in [-0.05, 0) is 13.8 Å². The van der Waals surface area contributed by atoms with Gasteiger partial charge >= 0.3 is 0 Å². The second kappa shape index (κ2) is 5.18. The van der Waals surface area contributed by atoms with Crippen molar-refractivity contribution in [3.05, 3.63) is 22.4 Å². The maximum atomic E-state index is 5.72. The molecule has 0 fully saturated rings. The van der Waals surface area contributed by atoms with Gasteiger partial charge in [-0.25, -0.2) is 15.0 Å². The Morgan fingerprint density at radius 1 is 1.39 bits per heavy atom. The van der Waals surface area contributed by atoms with E-state index in [0.717, 1.165) is 5.01 Å². The van der Waals surface area contributed by atoms with Gasteiger partial charge in [-0.2, -0.15) is 0 Å². The van der Waals surface area contributed by atoms with Crippen LogP contribution < -0.4 is 15.8 Å². The molecule has 2 heterocycles. The fourth-order valence-corrected chi connectivity index (χ4v) is 2.31. The summed E-state index contributed by atoms with van der Waals surface area (Å²) in [4.78, 5) is 13.5. The Bertz CT molecular complexity index is 542. The van der Waals surface area contributed by atoms with Crippen LogP contribution in [0.1, 0.15) is 22.9 Å². The van der Waals surface area contributed by atoms with Crippen molar-refractivity contribution in [3.63, 3.8) is 0 Å². The molecule has 2 aromatic heterocycles. The van der Waals surface area contributed by atoms with Gasteiger partial charge in [-0.15, -0.1) is 11.3 Å². The lowest BCUT2D eigenvalue weighted by atomic mass is 10.3. The molecule has 6 nitrogen and oxygen atoms in total. The highest BCUT2D eigenvalue weighted by atomic mass is 32.1. The SMILES string of the molecule is COc1c(N)ncnc1NC(C)c1ncc(C)s1. The van der Waals surface area contributed by atoms with Gasteiger partial charge in [0.15, 0.2) is 11.6 Å². The number of nitrogens with two attached hydrogens (primary N) is 1. The molecule has 0 aromatic carbocycles. The number of anilines is 2. The predicted molar refractivity (Wildman–Crippen MR) is 71.9 cm³/mol. The van der Waals surface area contributed by atoms with Crippen LogP contribution in [0, 0.1) is 6.92 Å². The molecule has 2 aromatic rings. The maximum Gasteiger partial charge on any atom is 0.203 e. The van der Waals surface area contributed by atoms with Gasteiger partial charge in [0.2, 0.25) is 5.75 Å². The zero-order valence-corrected chi connectivity index (χ0v) is 11.3. The van der Waals surface area contributed by atoms with Gasteiger partial charge < -0.3 is 15.8 Å². The number of thiazole rings is 1. The number of hydrogen-bond acceptors (Lipinski definition) is 7. The number of nitrogens with zero attached hydrogens (tertiary/aromatic N) is 3. The van der Waals surface area contributed by atoms with Crippen molar-refractivity contribution in [2.75, 3.05) is 18.2 Å². The molecular weight excluding hydrogens is 250 g/mol. The topological polar surface area (TPSA) is 86.0 Å². The van der Waals surface area contributed by atoms with Crippen molar-refractivity contribution in [2.24, 2.45) is 0 Å². The van der Waals surface area contributed by atoms with Crippen molar-refractivity contribution < 1.29 is 4.74 Å². The summed E-state index contributed by atoms with van der Waals surface area (Å²) in [7, 11) is 1.54. The third-order valence-corrected chi connectivity index (χ3v) is 3.49. The molecule has 7 heteroatoms. The standard InChI is InChI=1S/C11H15N5OS/c1-6-4-13-11(18-6)7(2)16-10-8(17-3)9(12)14-5-15-10/h4-5,7H,1-3H3,(H3,12,14,15,16). The largest absolute Gasteiger partial charge is 0.490 e. The number of rotatable bonds is 4. The van der Waals surface area contributed by atoms with Gasteiger partial charge in [0.1, 0.15) is 11.3 Å². The molecule has 18 heavy (non-hydrogen) atoms. The molecule has 0 aliphatic heterocycles. The average Bonchev–Trinajstić information content (AvgIpc) is 2.76. The normalized spacial score (nSPS) is 12.2. The van der Waals surface area contributed by atoms with Gasteiger partial charge in [0.25, 0.3) is 0 Å². The van der Waals surface area contributed by atoms with Crippen LogP contribution in [0.3, 0.4) is 0 Å². The van der Waals surface area contributed by atoms with E-state index in [1.165, 1.54) is 11.2 Å². The van der Waals surface area contributed by atoms with Crippen LogP contribution in [0.4, 0.5) is 11.6 Å². The first-order chi connectivity index (χ1) is 8.61. The van der Waals surface area contributed by atoms with Crippen molar-refractivity contribution >= 4 is 23.0 Å². The number of nitrogens with one attached hydrogen (secondary N) is 1. The minimum atomic E-state index is 0.0342. The van der Waals surface area contributed by atoms with Crippen molar-refractivity contribution in [1.82, 2.24) is 15.0 Å². The molecular formula is C11H15N5OS. The van der Waals surface area contributed by atoms with E-state index < -0.39 is 0 Å².